The molecule has 1 aromatic rings. The lowest BCUT2D eigenvalue weighted by Crippen LogP contribution is -2.19. The molecule has 1 aliphatic rings. The van der Waals surface area contributed by atoms with Crippen molar-refractivity contribution in [2.24, 2.45) is 5.92 Å². The molecule has 0 saturated carbocycles. The van der Waals surface area contributed by atoms with Gasteiger partial charge in [-0.1, -0.05) is 32.4 Å². The van der Waals surface area contributed by atoms with E-state index in [-0.39, 0.29) is 0 Å². The van der Waals surface area contributed by atoms with Crippen LogP contribution in [0.5, 0.6) is 5.75 Å². The predicted molar refractivity (Wildman–Crippen MR) is 71.5 cm³/mol. The first-order valence-electron chi connectivity index (χ1n) is 6.67. The molecule has 0 aromatic heterocycles. The van der Waals surface area contributed by atoms with Crippen molar-refractivity contribution >= 4 is 0 Å². The van der Waals surface area contributed by atoms with Crippen LogP contribution < -0.4 is 10.1 Å². The molecule has 2 atom stereocenters. The highest BCUT2D eigenvalue weighted by molar-refractivity contribution is 5.40. The first-order valence-corrected chi connectivity index (χ1v) is 6.67. The van der Waals surface area contributed by atoms with Gasteiger partial charge in [-0.05, 0) is 36.6 Å². The fourth-order valence-electron chi connectivity index (χ4n) is 2.41. The summed E-state index contributed by atoms with van der Waals surface area (Å²) in [6, 6.07) is 7.11. The molecule has 0 amide bonds. The van der Waals surface area contributed by atoms with Crippen molar-refractivity contribution in [3.63, 3.8) is 0 Å². The zero-order valence-corrected chi connectivity index (χ0v) is 11.1. The molecular weight excluding hydrogens is 210 g/mol. The van der Waals surface area contributed by atoms with E-state index in [4.69, 9.17) is 4.74 Å². The van der Waals surface area contributed by atoms with Gasteiger partial charge in [0.05, 0.1) is 6.61 Å². The minimum absolute atomic E-state index is 0.468. The first kappa shape index (κ1) is 12.4. The average Bonchev–Trinajstić information content (AvgIpc) is 2.82. The molecule has 0 spiro atoms. The van der Waals surface area contributed by atoms with Crippen LogP contribution in [0.25, 0.3) is 0 Å². The van der Waals surface area contributed by atoms with E-state index in [1.165, 1.54) is 24.0 Å². The summed E-state index contributed by atoms with van der Waals surface area (Å²) in [7, 11) is 2.05. The number of hydrogen-bond donors (Lipinski definition) is 1. The second kappa shape index (κ2) is 5.54. The highest BCUT2D eigenvalue weighted by atomic mass is 16.5. The van der Waals surface area contributed by atoms with Crippen molar-refractivity contribution in [2.75, 3.05) is 13.7 Å². The highest BCUT2D eigenvalue weighted by Crippen LogP contribution is 2.30. The molecule has 17 heavy (non-hydrogen) atoms. The van der Waals surface area contributed by atoms with Crippen molar-refractivity contribution in [1.29, 1.82) is 0 Å². The summed E-state index contributed by atoms with van der Waals surface area (Å²) in [6.07, 6.45) is 3.50. The second-order valence-electron chi connectivity index (χ2n) is 5.06. The topological polar surface area (TPSA) is 21.3 Å². The minimum atomic E-state index is 0.468. The van der Waals surface area contributed by atoms with Crippen LogP contribution in [0.3, 0.4) is 0 Å². The summed E-state index contributed by atoms with van der Waals surface area (Å²) in [5, 5.41) is 3.43. The van der Waals surface area contributed by atoms with E-state index >= 15 is 0 Å². The molecule has 0 aliphatic carbocycles. The summed E-state index contributed by atoms with van der Waals surface area (Å²) in [5.74, 6) is 1.84. The van der Waals surface area contributed by atoms with Gasteiger partial charge in [0.15, 0.2) is 0 Å². The standard InChI is InChI=1S/C15H23NO/c1-4-11(2)9-14(16-3)12-5-6-15-13(10-12)7-8-17-15/h5-6,10-11,14,16H,4,7-9H2,1-3H3. The largest absolute Gasteiger partial charge is 0.493 e. The maximum Gasteiger partial charge on any atom is 0.122 e. The lowest BCUT2D eigenvalue weighted by molar-refractivity contribution is 0.356. The molecule has 0 bridgehead atoms. The van der Waals surface area contributed by atoms with Gasteiger partial charge >= 0.3 is 0 Å². The normalized spacial score (nSPS) is 17.4. The van der Waals surface area contributed by atoms with E-state index in [2.05, 4.69) is 44.4 Å². The third kappa shape index (κ3) is 2.81. The Morgan fingerprint density at radius 1 is 1.41 bits per heavy atom. The van der Waals surface area contributed by atoms with E-state index in [1.807, 2.05) is 0 Å². The van der Waals surface area contributed by atoms with Gasteiger partial charge in [0.25, 0.3) is 0 Å². The van der Waals surface area contributed by atoms with Gasteiger partial charge < -0.3 is 10.1 Å². The molecule has 2 rings (SSSR count). The lowest BCUT2D eigenvalue weighted by atomic mass is 9.93. The van der Waals surface area contributed by atoms with Gasteiger partial charge in [-0.25, -0.2) is 0 Å². The second-order valence-corrected chi connectivity index (χ2v) is 5.06. The SMILES string of the molecule is CCC(C)CC(NC)c1ccc2c(c1)CCO2. The van der Waals surface area contributed by atoms with Crippen LogP contribution in [0.2, 0.25) is 0 Å². The summed E-state index contributed by atoms with van der Waals surface area (Å²) < 4.78 is 5.55. The average molecular weight is 233 g/mol. The van der Waals surface area contributed by atoms with E-state index in [0.717, 1.165) is 24.7 Å². The zero-order chi connectivity index (χ0) is 12.3. The Morgan fingerprint density at radius 2 is 2.24 bits per heavy atom. The Bertz CT molecular complexity index is 375. The smallest absolute Gasteiger partial charge is 0.122 e. The van der Waals surface area contributed by atoms with Gasteiger partial charge in [0, 0.05) is 12.5 Å². The van der Waals surface area contributed by atoms with Crippen LogP contribution in [-0.4, -0.2) is 13.7 Å². The molecule has 94 valence electrons. The summed E-state index contributed by atoms with van der Waals surface area (Å²) in [6.45, 7) is 5.42. The molecule has 1 aromatic carbocycles. The van der Waals surface area contributed by atoms with Gasteiger partial charge in [-0.2, -0.15) is 0 Å². The molecule has 2 nitrogen and oxygen atoms in total. The maximum atomic E-state index is 5.55. The minimum Gasteiger partial charge on any atom is -0.493 e. The number of rotatable bonds is 5. The highest BCUT2D eigenvalue weighted by Gasteiger charge is 2.17. The molecule has 2 unspecified atom stereocenters. The van der Waals surface area contributed by atoms with Crippen LogP contribution in [0.15, 0.2) is 18.2 Å². The van der Waals surface area contributed by atoms with Crippen LogP contribution in [0, 0.1) is 5.92 Å². The summed E-state index contributed by atoms with van der Waals surface area (Å²) in [5.41, 5.74) is 2.77. The summed E-state index contributed by atoms with van der Waals surface area (Å²) >= 11 is 0. The van der Waals surface area contributed by atoms with Crippen LogP contribution in [0.1, 0.15) is 43.9 Å². The van der Waals surface area contributed by atoms with Gasteiger partial charge in [0.1, 0.15) is 5.75 Å². The molecule has 0 saturated heterocycles. The third-order valence-corrected chi connectivity index (χ3v) is 3.80. The number of benzene rings is 1. The molecule has 1 heterocycles. The Kier molecular flexibility index (Phi) is 4.06. The van der Waals surface area contributed by atoms with E-state index in [1.54, 1.807) is 0 Å². The molecule has 2 heteroatoms. The van der Waals surface area contributed by atoms with E-state index < -0.39 is 0 Å². The van der Waals surface area contributed by atoms with Crippen LogP contribution >= 0.6 is 0 Å². The number of hydrogen-bond acceptors (Lipinski definition) is 2. The Balaban J connectivity index is 2.14. The zero-order valence-electron chi connectivity index (χ0n) is 11.1. The van der Waals surface area contributed by atoms with Crippen molar-refractivity contribution in [2.45, 2.75) is 39.2 Å². The monoisotopic (exact) mass is 233 g/mol. The first-order chi connectivity index (χ1) is 8.24. The molecule has 1 aliphatic heterocycles. The quantitative estimate of drug-likeness (QED) is 0.842. The van der Waals surface area contributed by atoms with Crippen molar-refractivity contribution < 1.29 is 4.74 Å². The predicted octanol–water partition coefficient (Wildman–Crippen LogP) is 3.32. The van der Waals surface area contributed by atoms with Crippen LogP contribution in [0.4, 0.5) is 0 Å². The Hall–Kier alpha value is -1.02. The Morgan fingerprint density at radius 3 is 2.94 bits per heavy atom. The number of nitrogens with one attached hydrogen (secondary N) is 1. The molecule has 1 N–H and O–H groups in total. The van der Waals surface area contributed by atoms with Crippen molar-refractivity contribution in [3.05, 3.63) is 29.3 Å². The number of ether oxygens (including phenoxy) is 1. The summed E-state index contributed by atoms with van der Waals surface area (Å²) in [4.78, 5) is 0. The molecular formula is C15H23NO. The Labute approximate surface area is 104 Å². The lowest BCUT2D eigenvalue weighted by Gasteiger charge is -2.20. The maximum absolute atomic E-state index is 5.55. The van der Waals surface area contributed by atoms with E-state index in [9.17, 15) is 0 Å². The number of fused-ring (bicyclic) bond motifs is 1. The molecule has 0 radical (unpaired) electrons. The fraction of sp³-hybridized carbons (Fsp3) is 0.600. The van der Waals surface area contributed by atoms with Crippen LogP contribution in [-0.2, 0) is 6.42 Å². The fourth-order valence-corrected chi connectivity index (χ4v) is 2.41. The van der Waals surface area contributed by atoms with Gasteiger partial charge in [0.2, 0.25) is 0 Å². The third-order valence-electron chi connectivity index (χ3n) is 3.80. The van der Waals surface area contributed by atoms with Crippen molar-refractivity contribution in [1.82, 2.24) is 5.32 Å². The molecule has 0 fully saturated rings. The van der Waals surface area contributed by atoms with Crippen molar-refractivity contribution in [3.8, 4) is 5.75 Å². The van der Waals surface area contributed by atoms with Gasteiger partial charge in [-0.15, -0.1) is 0 Å². The van der Waals surface area contributed by atoms with Gasteiger partial charge in [-0.3, -0.25) is 0 Å². The van der Waals surface area contributed by atoms with E-state index in [0.29, 0.717) is 6.04 Å².